The molecule has 0 amide bonds. The number of nitrogens with zero attached hydrogens (tertiary/aromatic N) is 1. The highest BCUT2D eigenvalue weighted by Gasteiger charge is 2.22. The van der Waals surface area contributed by atoms with Gasteiger partial charge < -0.3 is 9.32 Å². The standard InChI is InChI=1S/C44H29NO/c1-3-11-30(12-4-1)33-19-23-37(24-20-33)45(38-25-21-32-15-7-8-17-35(32)27-38)41-29-36(31-13-5-2-6-14-31)28-40-43-39-18-10-9-16-34(39)22-26-42(43)46-44(40)41/h1-29H. The average molecular weight is 588 g/mol. The second-order valence-electron chi connectivity index (χ2n) is 11.8. The van der Waals surface area contributed by atoms with Crippen LogP contribution in [0.25, 0.3) is 65.7 Å². The summed E-state index contributed by atoms with van der Waals surface area (Å²) in [6.07, 6.45) is 0. The van der Waals surface area contributed by atoms with Crippen LogP contribution in [0.1, 0.15) is 0 Å². The van der Waals surface area contributed by atoms with Crippen molar-refractivity contribution in [3.05, 3.63) is 176 Å². The van der Waals surface area contributed by atoms with Crippen LogP contribution in [0.15, 0.2) is 180 Å². The van der Waals surface area contributed by atoms with Crippen LogP contribution in [-0.4, -0.2) is 0 Å². The van der Waals surface area contributed by atoms with E-state index < -0.39 is 0 Å². The first-order chi connectivity index (χ1) is 22.8. The van der Waals surface area contributed by atoms with Crippen molar-refractivity contribution in [2.75, 3.05) is 4.90 Å². The molecule has 1 aromatic heterocycles. The van der Waals surface area contributed by atoms with Gasteiger partial charge >= 0.3 is 0 Å². The van der Waals surface area contributed by atoms with Gasteiger partial charge in [0, 0.05) is 22.1 Å². The Morgan fingerprint density at radius 2 is 0.957 bits per heavy atom. The third-order valence-electron chi connectivity index (χ3n) is 9.01. The molecule has 0 fully saturated rings. The van der Waals surface area contributed by atoms with Gasteiger partial charge in [-0.25, -0.2) is 0 Å². The summed E-state index contributed by atoms with van der Waals surface area (Å²) in [4.78, 5) is 2.35. The molecule has 2 heteroatoms. The second kappa shape index (κ2) is 10.8. The van der Waals surface area contributed by atoms with Crippen LogP contribution in [0.3, 0.4) is 0 Å². The summed E-state index contributed by atoms with van der Waals surface area (Å²) in [5.74, 6) is 0. The van der Waals surface area contributed by atoms with Crippen molar-refractivity contribution < 1.29 is 4.42 Å². The average Bonchev–Trinajstić information content (AvgIpc) is 3.52. The normalized spacial score (nSPS) is 11.5. The highest BCUT2D eigenvalue weighted by molar-refractivity contribution is 6.21. The maximum Gasteiger partial charge on any atom is 0.159 e. The van der Waals surface area contributed by atoms with Crippen LogP contribution >= 0.6 is 0 Å². The third-order valence-corrected chi connectivity index (χ3v) is 9.01. The highest BCUT2D eigenvalue weighted by Crippen LogP contribution is 2.46. The van der Waals surface area contributed by atoms with Crippen LogP contribution in [0.5, 0.6) is 0 Å². The lowest BCUT2D eigenvalue weighted by atomic mass is 9.98. The number of anilines is 3. The summed E-state index contributed by atoms with van der Waals surface area (Å²) in [7, 11) is 0. The van der Waals surface area contributed by atoms with Crippen molar-refractivity contribution in [3.63, 3.8) is 0 Å². The van der Waals surface area contributed by atoms with Gasteiger partial charge in [-0.2, -0.15) is 0 Å². The number of fused-ring (bicyclic) bond motifs is 6. The molecule has 46 heavy (non-hydrogen) atoms. The lowest BCUT2D eigenvalue weighted by molar-refractivity contribution is 0.669. The van der Waals surface area contributed by atoms with Gasteiger partial charge in [0.05, 0.1) is 5.69 Å². The van der Waals surface area contributed by atoms with Gasteiger partial charge in [0.15, 0.2) is 5.58 Å². The molecule has 2 nitrogen and oxygen atoms in total. The molecule has 0 saturated heterocycles. The maximum absolute atomic E-state index is 6.85. The van der Waals surface area contributed by atoms with E-state index in [2.05, 4.69) is 181 Å². The Morgan fingerprint density at radius 1 is 0.370 bits per heavy atom. The van der Waals surface area contributed by atoms with Gasteiger partial charge in [-0.1, -0.05) is 133 Å². The van der Waals surface area contributed by atoms with E-state index in [0.29, 0.717) is 0 Å². The molecule has 9 rings (SSSR count). The molecule has 1 heterocycles. The molecular weight excluding hydrogens is 558 g/mol. The predicted octanol–water partition coefficient (Wildman–Crippen LogP) is 12.7. The zero-order chi connectivity index (χ0) is 30.5. The van der Waals surface area contributed by atoms with Crippen molar-refractivity contribution in [3.8, 4) is 22.3 Å². The number of furan rings is 1. The highest BCUT2D eigenvalue weighted by atomic mass is 16.3. The SMILES string of the molecule is c1ccc(-c2ccc(N(c3ccc4ccccc4c3)c3cc(-c4ccccc4)cc4c3oc3ccc5ccccc5c34)cc2)cc1. The third kappa shape index (κ3) is 4.43. The summed E-state index contributed by atoms with van der Waals surface area (Å²) in [6, 6.07) is 62.7. The van der Waals surface area contributed by atoms with Crippen LogP contribution in [0.2, 0.25) is 0 Å². The summed E-state index contributed by atoms with van der Waals surface area (Å²) in [5, 5.41) is 7.05. The Kier molecular flexibility index (Phi) is 6.17. The Labute approximate surface area is 267 Å². The fourth-order valence-electron chi connectivity index (χ4n) is 6.77. The Balaban J connectivity index is 1.35. The van der Waals surface area contributed by atoms with Crippen LogP contribution in [-0.2, 0) is 0 Å². The van der Waals surface area contributed by atoms with E-state index in [9.17, 15) is 0 Å². The predicted molar refractivity (Wildman–Crippen MR) is 194 cm³/mol. The first-order valence-electron chi connectivity index (χ1n) is 15.7. The molecule has 0 aliphatic carbocycles. The lowest BCUT2D eigenvalue weighted by Crippen LogP contribution is -2.10. The molecule has 0 N–H and O–H groups in total. The fraction of sp³-hybridized carbons (Fsp3) is 0. The Morgan fingerprint density at radius 3 is 1.72 bits per heavy atom. The summed E-state index contributed by atoms with van der Waals surface area (Å²) < 4.78 is 6.85. The van der Waals surface area contributed by atoms with Gasteiger partial charge in [0.1, 0.15) is 5.58 Å². The maximum atomic E-state index is 6.85. The molecule has 216 valence electrons. The van der Waals surface area contributed by atoms with Gasteiger partial charge in [-0.05, 0) is 86.3 Å². The molecule has 0 atom stereocenters. The quantitative estimate of drug-likeness (QED) is 0.199. The number of rotatable bonds is 5. The zero-order valence-electron chi connectivity index (χ0n) is 25.1. The van der Waals surface area contributed by atoms with Gasteiger partial charge in [0.25, 0.3) is 0 Å². The monoisotopic (exact) mass is 587 g/mol. The first kappa shape index (κ1) is 26.3. The van der Waals surface area contributed by atoms with Crippen molar-refractivity contribution in [1.29, 1.82) is 0 Å². The van der Waals surface area contributed by atoms with Crippen molar-refractivity contribution in [2.24, 2.45) is 0 Å². The van der Waals surface area contributed by atoms with E-state index in [1.165, 1.54) is 32.7 Å². The Bertz CT molecular complexity index is 2510. The summed E-state index contributed by atoms with van der Waals surface area (Å²) in [5.41, 5.74) is 9.58. The minimum absolute atomic E-state index is 0.867. The second-order valence-corrected chi connectivity index (χ2v) is 11.8. The van der Waals surface area contributed by atoms with E-state index in [4.69, 9.17) is 4.42 Å². The molecule has 0 bridgehead atoms. The topological polar surface area (TPSA) is 16.4 Å². The van der Waals surface area contributed by atoms with E-state index in [1.54, 1.807) is 0 Å². The molecule has 0 radical (unpaired) electrons. The summed E-state index contributed by atoms with van der Waals surface area (Å²) >= 11 is 0. The van der Waals surface area contributed by atoms with Gasteiger partial charge in [-0.3, -0.25) is 0 Å². The van der Waals surface area contributed by atoms with E-state index in [-0.39, 0.29) is 0 Å². The number of hydrogen-bond acceptors (Lipinski definition) is 2. The first-order valence-corrected chi connectivity index (χ1v) is 15.7. The lowest BCUT2D eigenvalue weighted by Gasteiger charge is -2.27. The molecular formula is C44H29NO. The van der Waals surface area contributed by atoms with Crippen LogP contribution < -0.4 is 4.90 Å². The molecule has 0 saturated carbocycles. The van der Waals surface area contributed by atoms with Crippen molar-refractivity contribution >= 4 is 60.5 Å². The van der Waals surface area contributed by atoms with Gasteiger partial charge in [0.2, 0.25) is 0 Å². The van der Waals surface area contributed by atoms with E-state index in [1.807, 2.05) is 0 Å². The van der Waals surface area contributed by atoms with Crippen molar-refractivity contribution in [2.45, 2.75) is 0 Å². The molecule has 0 aliphatic heterocycles. The number of benzene rings is 8. The van der Waals surface area contributed by atoms with E-state index >= 15 is 0 Å². The fourth-order valence-corrected chi connectivity index (χ4v) is 6.77. The molecule has 8 aromatic carbocycles. The zero-order valence-corrected chi connectivity index (χ0v) is 25.1. The minimum Gasteiger partial charge on any atom is -0.454 e. The van der Waals surface area contributed by atoms with E-state index in [0.717, 1.165) is 50.1 Å². The molecule has 9 aromatic rings. The smallest absolute Gasteiger partial charge is 0.159 e. The minimum atomic E-state index is 0.867. The summed E-state index contributed by atoms with van der Waals surface area (Å²) in [6.45, 7) is 0. The van der Waals surface area contributed by atoms with Crippen LogP contribution in [0.4, 0.5) is 17.1 Å². The van der Waals surface area contributed by atoms with Gasteiger partial charge in [-0.15, -0.1) is 0 Å². The largest absolute Gasteiger partial charge is 0.454 e. The Hall–Kier alpha value is -6.12. The number of hydrogen-bond donors (Lipinski definition) is 0. The molecule has 0 spiro atoms. The van der Waals surface area contributed by atoms with Crippen LogP contribution in [0, 0.1) is 0 Å². The molecule has 0 unspecified atom stereocenters. The molecule has 0 aliphatic rings. The van der Waals surface area contributed by atoms with Crippen molar-refractivity contribution in [1.82, 2.24) is 0 Å².